The van der Waals surface area contributed by atoms with Gasteiger partial charge < -0.3 is 0 Å². The molecule has 1 fully saturated rings. The molecule has 3 rings (SSSR count). The summed E-state index contributed by atoms with van der Waals surface area (Å²) in [4.78, 5) is 14.0. The zero-order valence-electron chi connectivity index (χ0n) is 11.5. The molecular formula is C16H17N3O. The van der Waals surface area contributed by atoms with Crippen molar-refractivity contribution < 1.29 is 4.79 Å². The first-order chi connectivity index (χ1) is 9.69. The lowest BCUT2D eigenvalue weighted by molar-refractivity contribution is -0.117. The van der Waals surface area contributed by atoms with Crippen molar-refractivity contribution in [3.8, 4) is 5.69 Å². The van der Waals surface area contributed by atoms with Crippen molar-refractivity contribution in [2.24, 2.45) is 5.92 Å². The van der Waals surface area contributed by atoms with Crippen LogP contribution in [0.15, 0.2) is 49.1 Å². The topological polar surface area (TPSA) is 38.1 Å². The molecule has 1 aromatic carbocycles. The smallest absolute Gasteiger partial charge is 0.228 e. The Kier molecular flexibility index (Phi) is 3.14. The fourth-order valence-corrected chi connectivity index (χ4v) is 2.55. The number of carbonyl (C=O) groups excluding carboxylic acids is 1. The van der Waals surface area contributed by atoms with Gasteiger partial charge in [0.2, 0.25) is 5.91 Å². The number of nitrogens with zero attached hydrogens (tertiary/aromatic N) is 3. The summed E-state index contributed by atoms with van der Waals surface area (Å²) in [5.41, 5.74) is 1.86. The molecule has 0 spiro atoms. The lowest BCUT2D eigenvalue weighted by atomic mass is 10.1. The van der Waals surface area contributed by atoms with Gasteiger partial charge >= 0.3 is 0 Å². The molecule has 1 unspecified atom stereocenters. The minimum Gasteiger partial charge on any atom is -0.296 e. The largest absolute Gasteiger partial charge is 0.296 e. The first-order valence-electron chi connectivity index (χ1n) is 6.74. The van der Waals surface area contributed by atoms with Crippen LogP contribution in [0.3, 0.4) is 0 Å². The summed E-state index contributed by atoms with van der Waals surface area (Å²) >= 11 is 0. The van der Waals surface area contributed by atoms with Crippen molar-refractivity contribution in [2.75, 3.05) is 11.4 Å². The highest BCUT2D eigenvalue weighted by Crippen LogP contribution is 2.28. The number of benzene rings is 1. The molecule has 1 atom stereocenters. The average Bonchev–Trinajstić information content (AvgIpc) is 3.02. The van der Waals surface area contributed by atoms with Crippen LogP contribution in [0.4, 0.5) is 5.82 Å². The van der Waals surface area contributed by atoms with Crippen LogP contribution in [0.2, 0.25) is 0 Å². The molecule has 102 valence electrons. The van der Waals surface area contributed by atoms with Crippen LogP contribution in [0.25, 0.3) is 5.69 Å². The second kappa shape index (κ2) is 4.96. The highest BCUT2D eigenvalue weighted by atomic mass is 16.2. The first-order valence-corrected chi connectivity index (χ1v) is 6.74. The van der Waals surface area contributed by atoms with E-state index in [1.54, 1.807) is 4.90 Å². The summed E-state index contributed by atoms with van der Waals surface area (Å²) in [6.45, 7) is 6.41. The number of hydrogen-bond donors (Lipinski definition) is 0. The molecule has 1 saturated heterocycles. The molecular weight excluding hydrogens is 250 g/mol. The number of aromatic nitrogens is 2. The first kappa shape index (κ1) is 12.7. The highest BCUT2D eigenvalue weighted by Gasteiger charge is 2.31. The van der Waals surface area contributed by atoms with Crippen molar-refractivity contribution in [2.45, 2.75) is 13.3 Å². The van der Waals surface area contributed by atoms with E-state index in [1.165, 1.54) is 0 Å². The molecule has 0 bridgehead atoms. The lowest BCUT2D eigenvalue weighted by Gasteiger charge is -2.17. The maximum Gasteiger partial charge on any atom is 0.228 e. The number of rotatable bonds is 3. The Balaban J connectivity index is 2.03. The molecule has 4 nitrogen and oxygen atoms in total. The molecule has 1 amide bonds. The molecule has 0 aliphatic carbocycles. The van der Waals surface area contributed by atoms with Gasteiger partial charge in [-0.2, -0.15) is 5.10 Å². The Hall–Kier alpha value is -2.36. The zero-order chi connectivity index (χ0) is 14.1. The number of anilines is 1. The Labute approximate surface area is 118 Å². The predicted octanol–water partition coefficient (Wildman–Crippen LogP) is 2.72. The molecule has 1 aromatic heterocycles. The number of amides is 1. The number of hydrogen-bond acceptors (Lipinski definition) is 2. The molecule has 1 aliphatic heterocycles. The maximum absolute atomic E-state index is 12.2. The van der Waals surface area contributed by atoms with Gasteiger partial charge in [0.25, 0.3) is 0 Å². The highest BCUT2D eigenvalue weighted by molar-refractivity contribution is 5.95. The van der Waals surface area contributed by atoms with E-state index in [4.69, 9.17) is 0 Å². The van der Waals surface area contributed by atoms with Gasteiger partial charge in [-0.1, -0.05) is 24.3 Å². The monoisotopic (exact) mass is 267 g/mol. The molecule has 4 heteroatoms. The third-order valence-corrected chi connectivity index (χ3v) is 3.58. The predicted molar refractivity (Wildman–Crippen MR) is 79.0 cm³/mol. The summed E-state index contributed by atoms with van der Waals surface area (Å²) in [6.07, 6.45) is 2.39. The SMILES string of the molecule is C=CC1CC(=O)N(c2cc(C)nn2-c2ccccc2)C1. The second-order valence-electron chi connectivity index (χ2n) is 5.10. The standard InChI is InChI=1S/C16H17N3O/c1-3-13-10-16(20)18(11-13)15-9-12(2)17-19(15)14-7-5-4-6-8-14/h3-9,13H,1,10-11H2,2H3. The van der Waals surface area contributed by atoms with E-state index in [9.17, 15) is 4.79 Å². The normalized spacial score (nSPS) is 18.6. The van der Waals surface area contributed by atoms with E-state index >= 15 is 0 Å². The van der Waals surface area contributed by atoms with Crippen molar-refractivity contribution in [1.82, 2.24) is 9.78 Å². The molecule has 2 heterocycles. The summed E-state index contributed by atoms with van der Waals surface area (Å²) in [6, 6.07) is 11.8. The van der Waals surface area contributed by atoms with Gasteiger partial charge in [0.15, 0.2) is 0 Å². The molecule has 0 radical (unpaired) electrons. The molecule has 20 heavy (non-hydrogen) atoms. The Morgan fingerprint density at radius 2 is 2.10 bits per heavy atom. The molecule has 0 N–H and O–H groups in total. The number of aryl methyl sites for hydroxylation is 1. The van der Waals surface area contributed by atoms with Gasteiger partial charge in [-0.25, -0.2) is 4.68 Å². The van der Waals surface area contributed by atoms with Gasteiger partial charge in [-0.3, -0.25) is 9.69 Å². The van der Waals surface area contributed by atoms with E-state index in [0.717, 1.165) is 17.2 Å². The van der Waals surface area contributed by atoms with Crippen LogP contribution in [-0.2, 0) is 4.79 Å². The van der Waals surface area contributed by atoms with Gasteiger partial charge in [0.1, 0.15) is 5.82 Å². The van der Waals surface area contributed by atoms with Gasteiger partial charge in [-0.15, -0.1) is 6.58 Å². The summed E-state index contributed by atoms with van der Waals surface area (Å²) in [5.74, 6) is 1.19. The molecule has 2 aromatic rings. The Morgan fingerprint density at radius 1 is 1.35 bits per heavy atom. The van der Waals surface area contributed by atoms with Crippen LogP contribution in [0, 0.1) is 12.8 Å². The van der Waals surface area contributed by atoms with Crippen molar-refractivity contribution >= 4 is 11.7 Å². The fourth-order valence-electron chi connectivity index (χ4n) is 2.55. The Bertz CT molecular complexity index is 645. The van der Waals surface area contributed by atoms with Crippen LogP contribution in [0.5, 0.6) is 0 Å². The summed E-state index contributed by atoms with van der Waals surface area (Å²) in [7, 11) is 0. The fraction of sp³-hybridized carbons (Fsp3) is 0.250. The van der Waals surface area contributed by atoms with E-state index in [-0.39, 0.29) is 11.8 Å². The van der Waals surface area contributed by atoms with Crippen molar-refractivity contribution in [3.63, 3.8) is 0 Å². The van der Waals surface area contributed by atoms with Gasteiger partial charge in [0.05, 0.1) is 11.4 Å². The van der Waals surface area contributed by atoms with Crippen LogP contribution in [0.1, 0.15) is 12.1 Å². The average molecular weight is 267 g/mol. The lowest BCUT2D eigenvalue weighted by Crippen LogP contribution is -2.26. The summed E-state index contributed by atoms with van der Waals surface area (Å²) in [5, 5.41) is 4.51. The molecule has 1 aliphatic rings. The zero-order valence-corrected chi connectivity index (χ0v) is 11.5. The third kappa shape index (κ3) is 2.13. The van der Waals surface area contributed by atoms with E-state index < -0.39 is 0 Å². The van der Waals surface area contributed by atoms with E-state index in [2.05, 4.69) is 11.7 Å². The quantitative estimate of drug-likeness (QED) is 0.802. The van der Waals surface area contributed by atoms with Gasteiger partial charge in [-0.05, 0) is 19.1 Å². The van der Waals surface area contributed by atoms with Crippen LogP contribution >= 0.6 is 0 Å². The summed E-state index contributed by atoms with van der Waals surface area (Å²) < 4.78 is 1.83. The number of carbonyl (C=O) groups is 1. The van der Waals surface area contributed by atoms with Crippen LogP contribution < -0.4 is 4.90 Å². The van der Waals surface area contributed by atoms with E-state index in [1.807, 2.05) is 54.1 Å². The number of para-hydroxylation sites is 1. The van der Waals surface area contributed by atoms with Crippen LogP contribution in [-0.4, -0.2) is 22.2 Å². The maximum atomic E-state index is 12.2. The van der Waals surface area contributed by atoms with Crippen molar-refractivity contribution in [3.05, 3.63) is 54.7 Å². The minimum absolute atomic E-state index is 0.131. The van der Waals surface area contributed by atoms with Gasteiger partial charge in [0, 0.05) is 24.9 Å². The second-order valence-corrected chi connectivity index (χ2v) is 5.10. The van der Waals surface area contributed by atoms with Crippen molar-refractivity contribution in [1.29, 1.82) is 0 Å². The Morgan fingerprint density at radius 3 is 2.75 bits per heavy atom. The third-order valence-electron chi connectivity index (χ3n) is 3.58. The minimum atomic E-state index is 0.131. The van der Waals surface area contributed by atoms with E-state index in [0.29, 0.717) is 13.0 Å². The molecule has 0 saturated carbocycles.